The van der Waals surface area contributed by atoms with Gasteiger partial charge in [-0.25, -0.2) is 4.39 Å². The molecule has 0 aromatic heterocycles. The second-order valence-corrected chi connectivity index (χ2v) is 4.85. The third-order valence-corrected chi connectivity index (χ3v) is 3.49. The van der Waals surface area contributed by atoms with Gasteiger partial charge in [-0.2, -0.15) is 0 Å². The fraction of sp³-hybridized carbons (Fsp3) is 0.600. The quantitative estimate of drug-likeness (QED) is 0.764. The monoisotopic (exact) mass is 268 g/mol. The Morgan fingerprint density at radius 1 is 1.37 bits per heavy atom. The van der Waals surface area contributed by atoms with E-state index in [1.165, 1.54) is 13.2 Å². The minimum atomic E-state index is -0.414. The van der Waals surface area contributed by atoms with Crippen LogP contribution in [0.3, 0.4) is 0 Å². The lowest BCUT2D eigenvalue weighted by Gasteiger charge is -2.32. The molecule has 0 saturated heterocycles. The minimum Gasteiger partial charge on any atom is -0.494 e. The molecule has 1 rings (SSSR count). The molecular formula is C15H25FN2O. The predicted molar refractivity (Wildman–Crippen MR) is 79.4 cm³/mol. The van der Waals surface area contributed by atoms with Crippen LogP contribution in [0.5, 0.6) is 5.75 Å². The van der Waals surface area contributed by atoms with Gasteiger partial charge in [0.25, 0.3) is 0 Å². The lowest BCUT2D eigenvalue weighted by atomic mass is 10.1. The van der Waals surface area contributed by atoms with E-state index in [9.17, 15) is 4.39 Å². The molecule has 1 aromatic rings. The van der Waals surface area contributed by atoms with E-state index < -0.39 is 5.82 Å². The highest BCUT2D eigenvalue weighted by atomic mass is 19.1. The molecule has 1 aromatic carbocycles. The highest BCUT2D eigenvalue weighted by Crippen LogP contribution is 2.32. The molecule has 4 heteroatoms. The number of nitrogen functional groups attached to an aromatic ring is 1. The third-order valence-electron chi connectivity index (χ3n) is 3.49. The van der Waals surface area contributed by atoms with Crippen LogP contribution in [-0.4, -0.2) is 19.7 Å². The summed E-state index contributed by atoms with van der Waals surface area (Å²) < 4.78 is 18.7. The van der Waals surface area contributed by atoms with Gasteiger partial charge in [-0.1, -0.05) is 20.3 Å². The molecule has 1 atom stereocenters. The Morgan fingerprint density at radius 3 is 2.58 bits per heavy atom. The minimum absolute atomic E-state index is 0.244. The fourth-order valence-corrected chi connectivity index (χ4v) is 2.09. The third kappa shape index (κ3) is 3.75. The first kappa shape index (κ1) is 15.6. The lowest BCUT2D eigenvalue weighted by Crippen LogP contribution is -2.34. The van der Waals surface area contributed by atoms with Crippen LogP contribution in [0, 0.1) is 5.82 Å². The Morgan fingerprint density at radius 2 is 2.05 bits per heavy atom. The van der Waals surface area contributed by atoms with E-state index >= 15 is 0 Å². The molecule has 0 aliphatic heterocycles. The fourth-order valence-electron chi connectivity index (χ4n) is 2.09. The molecule has 0 bridgehead atoms. The number of benzene rings is 1. The summed E-state index contributed by atoms with van der Waals surface area (Å²) in [6.45, 7) is 7.37. The molecule has 2 N–H and O–H groups in total. The summed E-state index contributed by atoms with van der Waals surface area (Å²) >= 11 is 0. The molecule has 0 amide bonds. The van der Waals surface area contributed by atoms with Crippen molar-refractivity contribution in [1.82, 2.24) is 0 Å². The summed E-state index contributed by atoms with van der Waals surface area (Å²) in [7, 11) is 1.47. The Hall–Kier alpha value is -1.45. The maximum absolute atomic E-state index is 13.6. The molecule has 0 aliphatic rings. The van der Waals surface area contributed by atoms with Gasteiger partial charge in [0.1, 0.15) is 0 Å². The summed E-state index contributed by atoms with van der Waals surface area (Å²) in [6, 6.07) is 3.41. The first-order valence-corrected chi connectivity index (χ1v) is 6.94. The van der Waals surface area contributed by atoms with Gasteiger partial charge >= 0.3 is 0 Å². The van der Waals surface area contributed by atoms with Crippen LogP contribution in [0.2, 0.25) is 0 Å². The van der Waals surface area contributed by atoms with E-state index in [-0.39, 0.29) is 5.75 Å². The largest absolute Gasteiger partial charge is 0.494 e. The number of hydrogen-bond acceptors (Lipinski definition) is 3. The van der Waals surface area contributed by atoms with E-state index in [0.29, 0.717) is 11.7 Å². The molecule has 108 valence electrons. The van der Waals surface area contributed by atoms with E-state index in [0.717, 1.165) is 31.5 Å². The molecule has 0 saturated carbocycles. The molecule has 0 heterocycles. The van der Waals surface area contributed by atoms with Gasteiger partial charge in [-0.3, -0.25) is 0 Å². The zero-order valence-corrected chi connectivity index (χ0v) is 12.4. The molecule has 19 heavy (non-hydrogen) atoms. The van der Waals surface area contributed by atoms with Gasteiger partial charge in [-0.15, -0.1) is 0 Å². The van der Waals surface area contributed by atoms with Gasteiger partial charge in [0.05, 0.1) is 18.5 Å². The summed E-state index contributed by atoms with van der Waals surface area (Å²) in [6.07, 6.45) is 3.22. The van der Waals surface area contributed by atoms with E-state index in [1.54, 1.807) is 6.07 Å². The lowest BCUT2D eigenvalue weighted by molar-refractivity contribution is 0.386. The van der Waals surface area contributed by atoms with Gasteiger partial charge in [0, 0.05) is 24.7 Å². The van der Waals surface area contributed by atoms with E-state index in [1.807, 2.05) is 0 Å². The SMILES string of the molecule is CCCCN(c1cc(OC)c(F)cc1N)C(C)CC. The van der Waals surface area contributed by atoms with Crippen LogP contribution in [0.1, 0.15) is 40.0 Å². The highest BCUT2D eigenvalue weighted by molar-refractivity contribution is 5.70. The number of anilines is 2. The maximum atomic E-state index is 13.6. The number of nitrogens with two attached hydrogens (primary N) is 1. The summed E-state index contributed by atoms with van der Waals surface area (Å²) in [5, 5.41) is 0. The van der Waals surface area contributed by atoms with Crippen LogP contribution in [-0.2, 0) is 0 Å². The van der Waals surface area contributed by atoms with Crippen molar-refractivity contribution < 1.29 is 9.13 Å². The average Bonchev–Trinajstić information content (AvgIpc) is 2.40. The van der Waals surface area contributed by atoms with E-state index in [4.69, 9.17) is 10.5 Å². The Labute approximate surface area is 115 Å². The van der Waals surface area contributed by atoms with Crippen LogP contribution >= 0.6 is 0 Å². The van der Waals surface area contributed by atoms with Crippen molar-refractivity contribution in [1.29, 1.82) is 0 Å². The standard InChI is InChI=1S/C15H25FN2O/c1-5-7-8-18(11(3)6-2)14-10-15(19-4)12(16)9-13(14)17/h9-11H,5-8,17H2,1-4H3. The van der Waals surface area contributed by atoms with Crippen LogP contribution in [0.25, 0.3) is 0 Å². The number of methoxy groups -OCH3 is 1. The zero-order valence-electron chi connectivity index (χ0n) is 12.4. The van der Waals surface area contributed by atoms with Crippen molar-refractivity contribution in [2.24, 2.45) is 0 Å². The first-order chi connectivity index (χ1) is 9.04. The molecule has 0 fully saturated rings. The number of rotatable bonds is 7. The van der Waals surface area contributed by atoms with Crippen molar-refractivity contribution in [3.63, 3.8) is 0 Å². The summed E-state index contributed by atoms with van der Waals surface area (Å²) in [4.78, 5) is 2.24. The van der Waals surface area contributed by atoms with Gasteiger partial charge in [0.15, 0.2) is 11.6 Å². The average molecular weight is 268 g/mol. The number of unbranched alkanes of at least 4 members (excludes halogenated alkanes) is 1. The summed E-state index contributed by atoms with van der Waals surface area (Å²) in [5.74, 6) is -0.169. The van der Waals surface area contributed by atoms with Crippen LogP contribution < -0.4 is 15.4 Å². The summed E-state index contributed by atoms with van der Waals surface area (Å²) in [5.41, 5.74) is 7.30. The smallest absolute Gasteiger partial charge is 0.167 e. The van der Waals surface area contributed by atoms with Crippen molar-refractivity contribution in [2.75, 3.05) is 24.3 Å². The Balaban J connectivity index is 3.13. The first-order valence-electron chi connectivity index (χ1n) is 6.94. The van der Waals surface area contributed by atoms with Crippen LogP contribution in [0.4, 0.5) is 15.8 Å². The van der Waals surface area contributed by atoms with E-state index in [2.05, 4.69) is 25.7 Å². The van der Waals surface area contributed by atoms with Crippen molar-refractivity contribution >= 4 is 11.4 Å². The van der Waals surface area contributed by atoms with Gasteiger partial charge in [-0.05, 0) is 19.8 Å². The highest BCUT2D eigenvalue weighted by Gasteiger charge is 2.18. The number of ether oxygens (including phenoxy) is 1. The van der Waals surface area contributed by atoms with Gasteiger partial charge in [0.2, 0.25) is 0 Å². The normalized spacial score (nSPS) is 12.3. The molecular weight excluding hydrogens is 243 g/mol. The number of nitrogens with zero attached hydrogens (tertiary/aromatic N) is 1. The number of halogens is 1. The zero-order chi connectivity index (χ0) is 14.4. The molecule has 0 radical (unpaired) electrons. The second-order valence-electron chi connectivity index (χ2n) is 4.85. The van der Waals surface area contributed by atoms with Gasteiger partial charge < -0.3 is 15.4 Å². The molecule has 0 spiro atoms. The number of hydrogen-bond donors (Lipinski definition) is 1. The Kier molecular flexibility index (Phi) is 5.93. The topological polar surface area (TPSA) is 38.5 Å². The maximum Gasteiger partial charge on any atom is 0.167 e. The van der Waals surface area contributed by atoms with Crippen molar-refractivity contribution in [3.8, 4) is 5.75 Å². The predicted octanol–water partition coefficient (Wildman–Crippen LogP) is 3.82. The van der Waals surface area contributed by atoms with Crippen LogP contribution in [0.15, 0.2) is 12.1 Å². The van der Waals surface area contributed by atoms with Crippen molar-refractivity contribution in [2.45, 2.75) is 46.1 Å². The van der Waals surface area contributed by atoms with Crippen molar-refractivity contribution in [3.05, 3.63) is 17.9 Å². The molecule has 1 unspecified atom stereocenters. The second kappa shape index (κ2) is 7.22. The molecule has 3 nitrogen and oxygen atoms in total. The molecule has 0 aliphatic carbocycles. The Bertz CT molecular complexity index is 409.